The molecule has 0 aliphatic carbocycles. The quantitative estimate of drug-likeness (QED) is 0.707. The van der Waals surface area contributed by atoms with Gasteiger partial charge in [0.15, 0.2) is 11.6 Å². The molecule has 0 amide bonds. The maximum Gasteiger partial charge on any atom is 0.204 e. The summed E-state index contributed by atoms with van der Waals surface area (Å²) in [6.45, 7) is 9.44. The number of para-hydroxylation sites is 1. The molecule has 0 unspecified atom stereocenters. The van der Waals surface area contributed by atoms with Crippen LogP contribution in [0, 0.1) is 12.7 Å². The van der Waals surface area contributed by atoms with Gasteiger partial charge in [-0.05, 0) is 44.3 Å². The molecule has 4 heteroatoms. The van der Waals surface area contributed by atoms with Crippen molar-refractivity contribution in [2.45, 2.75) is 20.8 Å². The van der Waals surface area contributed by atoms with Crippen molar-refractivity contribution in [3.63, 3.8) is 0 Å². The lowest BCUT2D eigenvalue weighted by molar-refractivity contribution is 0.217. The van der Waals surface area contributed by atoms with Crippen LogP contribution in [0.4, 0.5) is 4.39 Å². The number of hydrogen-bond acceptors (Lipinski definition) is 3. The summed E-state index contributed by atoms with van der Waals surface area (Å²) >= 11 is 0. The van der Waals surface area contributed by atoms with Crippen LogP contribution in [0.15, 0.2) is 42.5 Å². The fourth-order valence-electron chi connectivity index (χ4n) is 2.25. The Balaban J connectivity index is 2.08. The number of halogens is 1. The number of hydrogen-bond donors (Lipinski definition) is 0. The summed E-state index contributed by atoms with van der Waals surface area (Å²) in [6, 6.07) is 12.2. The number of benzene rings is 2. The zero-order valence-corrected chi connectivity index (χ0v) is 14.0. The molecule has 0 N–H and O–H groups in total. The molecule has 0 saturated heterocycles. The number of ether oxygens (including phenoxy) is 2. The van der Waals surface area contributed by atoms with Crippen LogP contribution in [0.1, 0.15) is 19.4 Å². The van der Waals surface area contributed by atoms with Crippen LogP contribution in [0.5, 0.6) is 17.2 Å². The van der Waals surface area contributed by atoms with Gasteiger partial charge in [0, 0.05) is 6.54 Å². The minimum Gasteiger partial charge on any atom is -0.488 e. The van der Waals surface area contributed by atoms with E-state index in [1.807, 2.05) is 31.2 Å². The normalized spacial score (nSPS) is 10.8. The van der Waals surface area contributed by atoms with E-state index in [9.17, 15) is 4.39 Å². The van der Waals surface area contributed by atoms with Crippen molar-refractivity contribution in [1.82, 2.24) is 4.90 Å². The second kappa shape index (κ2) is 8.53. The highest BCUT2D eigenvalue weighted by Crippen LogP contribution is 2.34. The molecule has 0 fully saturated rings. The summed E-state index contributed by atoms with van der Waals surface area (Å²) in [5.41, 5.74) is 1.13. The Morgan fingerprint density at radius 1 is 1.00 bits per heavy atom. The average Bonchev–Trinajstić information content (AvgIpc) is 2.56. The van der Waals surface area contributed by atoms with Gasteiger partial charge < -0.3 is 14.4 Å². The first kappa shape index (κ1) is 17.3. The Morgan fingerprint density at radius 3 is 2.35 bits per heavy atom. The zero-order valence-electron chi connectivity index (χ0n) is 14.0. The molecular formula is C19H24FNO2. The molecule has 0 radical (unpaired) electrons. The van der Waals surface area contributed by atoms with Crippen LogP contribution in [0.2, 0.25) is 0 Å². The third kappa shape index (κ3) is 4.96. The Labute approximate surface area is 137 Å². The third-order valence-electron chi connectivity index (χ3n) is 3.73. The fraction of sp³-hybridized carbons (Fsp3) is 0.368. The molecule has 124 valence electrons. The van der Waals surface area contributed by atoms with Gasteiger partial charge in [0.1, 0.15) is 12.4 Å². The van der Waals surface area contributed by atoms with Gasteiger partial charge in [-0.15, -0.1) is 0 Å². The summed E-state index contributed by atoms with van der Waals surface area (Å²) in [4.78, 5) is 2.25. The van der Waals surface area contributed by atoms with Crippen LogP contribution < -0.4 is 9.47 Å². The van der Waals surface area contributed by atoms with Gasteiger partial charge >= 0.3 is 0 Å². The van der Waals surface area contributed by atoms with Gasteiger partial charge in [-0.25, -0.2) is 4.39 Å². The molecule has 0 spiro atoms. The van der Waals surface area contributed by atoms with E-state index in [4.69, 9.17) is 9.47 Å². The molecule has 0 aromatic heterocycles. The monoisotopic (exact) mass is 317 g/mol. The average molecular weight is 317 g/mol. The molecule has 0 heterocycles. The largest absolute Gasteiger partial charge is 0.488 e. The molecule has 0 saturated carbocycles. The van der Waals surface area contributed by atoms with Gasteiger partial charge in [0.2, 0.25) is 5.75 Å². The maximum atomic E-state index is 14.1. The van der Waals surface area contributed by atoms with E-state index in [-0.39, 0.29) is 5.75 Å². The first-order valence-electron chi connectivity index (χ1n) is 8.02. The number of aryl methyl sites for hydroxylation is 1. The van der Waals surface area contributed by atoms with Gasteiger partial charge in [-0.2, -0.15) is 0 Å². The second-order valence-corrected chi connectivity index (χ2v) is 5.36. The van der Waals surface area contributed by atoms with Crippen molar-refractivity contribution in [1.29, 1.82) is 0 Å². The molecule has 23 heavy (non-hydrogen) atoms. The van der Waals surface area contributed by atoms with Gasteiger partial charge in [-0.1, -0.05) is 37.6 Å². The van der Waals surface area contributed by atoms with E-state index >= 15 is 0 Å². The summed E-state index contributed by atoms with van der Waals surface area (Å²) in [5, 5.41) is 0. The Kier molecular flexibility index (Phi) is 6.41. The zero-order chi connectivity index (χ0) is 16.7. The molecule has 2 aromatic carbocycles. The topological polar surface area (TPSA) is 21.7 Å². The first-order chi connectivity index (χ1) is 11.1. The van der Waals surface area contributed by atoms with Gasteiger partial charge in [0.25, 0.3) is 0 Å². The maximum absolute atomic E-state index is 14.1. The minimum atomic E-state index is -0.425. The van der Waals surface area contributed by atoms with E-state index in [1.54, 1.807) is 12.1 Å². The molecule has 0 bridgehead atoms. The molecule has 0 atom stereocenters. The van der Waals surface area contributed by atoms with Crippen LogP contribution >= 0.6 is 0 Å². The van der Waals surface area contributed by atoms with E-state index in [0.717, 1.165) is 25.2 Å². The van der Waals surface area contributed by atoms with Crippen molar-refractivity contribution in [3.05, 3.63) is 53.8 Å². The SMILES string of the molecule is CCN(CC)CCOc1cccc(F)c1Oc1ccc(C)cc1. The number of likely N-dealkylation sites (N-methyl/N-ethyl adjacent to an activating group) is 1. The Morgan fingerprint density at radius 2 is 1.70 bits per heavy atom. The van der Waals surface area contributed by atoms with E-state index < -0.39 is 5.82 Å². The van der Waals surface area contributed by atoms with Crippen molar-refractivity contribution < 1.29 is 13.9 Å². The molecular weight excluding hydrogens is 293 g/mol. The predicted molar refractivity (Wildman–Crippen MR) is 90.9 cm³/mol. The molecule has 3 nitrogen and oxygen atoms in total. The van der Waals surface area contributed by atoms with E-state index in [0.29, 0.717) is 18.1 Å². The summed E-state index contributed by atoms with van der Waals surface area (Å²) < 4.78 is 25.6. The fourth-order valence-corrected chi connectivity index (χ4v) is 2.25. The van der Waals surface area contributed by atoms with Crippen LogP contribution in [-0.2, 0) is 0 Å². The highest BCUT2D eigenvalue weighted by atomic mass is 19.1. The molecule has 2 rings (SSSR count). The Bertz CT molecular complexity index is 609. The highest BCUT2D eigenvalue weighted by molar-refractivity contribution is 5.44. The van der Waals surface area contributed by atoms with Crippen molar-refractivity contribution in [3.8, 4) is 17.2 Å². The van der Waals surface area contributed by atoms with Gasteiger partial charge in [0.05, 0.1) is 0 Å². The van der Waals surface area contributed by atoms with Crippen molar-refractivity contribution >= 4 is 0 Å². The number of nitrogens with zero attached hydrogens (tertiary/aromatic N) is 1. The van der Waals surface area contributed by atoms with Gasteiger partial charge in [-0.3, -0.25) is 0 Å². The van der Waals surface area contributed by atoms with Crippen LogP contribution in [-0.4, -0.2) is 31.1 Å². The van der Waals surface area contributed by atoms with E-state index in [1.165, 1.54) is 6.07 Å². The lowest BCUT2D eigenvalue weighted by Crippen LogP contribution is -2.27. The lowest BCUT2D eigenvalue weighted by Gasteiger charge is -2.19. The summed E-state index contributed by atoms with van der Waals surface area (Å²) in [5.74, 6) is 0.730. The number of rotatable bonds is 8. The highest BCUT2D eigenvalue weighted by Gasteiger charge is 2.13. The van der Waals surface area contributed by atoms with Crippen molar-refractivity contribution in [2.24, 2.45) is 0 Å². The summed E-state index contributed by atoms with van der Waals surface area (Å²) in [7, 11) is 0. The van der Waals surface area contributed by atoms with Crippen LogP contribution in [0.3, 0.4) is 0 Å². The summed E-state index contributed by atoms with van der Waals surface area (Å²) in [6.07, 6.45) is 0. The smallest absolute Gasteiger partial charge is 0.204 e. The first-order valence-corrected chi connectivity index (χ1v) is 8.02. The molecule has 2 aromatic rings. The second-order valence-electron chi connectivity index (χ2n) is 5.36. The van der Waals surface area contributed by atoms with Crippen molar-refractivity contribution in [2.75, 3.05) is 26.2 Å². The van der Waals surface area contributed by atoms with Crippen LogP contribution in [0.25, 0.3) is 0 Å². The molecule has 0 aliphatic heterocycles. The molecule has 0 aliphatic rings. The minimum absolute atomic E-state index is 0.135. The van der Waals surface area contributed by atoms with E-state index in [2.05, 4.69) is 18.7 Å². The lowest BCUT2D eigenvalue weighted by atomic mass is 10.2. The Hall–Kier alpha value is -2.07. The predicted octanol–water partition coefficient (Wildman–Crippen LogP) is 4.65. The third-order valence-corrected chi connectivity index (χ3v) is 3.73. The standard InChI is InChI=1S/C19H24FNO2/c1-4-21(5-2)13-14-22-18-8-6-7-17(20)19(18)23-16-11-9-15(3)10-12-16/h6-12H,4-5,13-14H2,1-3H3.